The molecule has 23 heavy (non-hydrogen) atoms. The number of rotatable bonds is 5. The fourth-order valence-electron chi connectivity index (χ4n) is 2.76. The highest BCUT2D eigenvalue weighted by atomic mass is 16.5. The Hall–Kier alpha value is -2.65. The van der Waals surface area contributed by atoms with Crippen molar-refractivity contribution < 1.29 is 14.6 Å². The zero-order valence-corrected chi connectivity index (χ0v) is 13.0. The summed E-state index contributed by atoms with van der Waals surface area (Å²) in [7, 11) is 1.62. The number of carbonyl (C=O) groups is 1. The summed E-state index contributed by atoms with van der Waals surface area (Å²) in [5, 5.41) is 11.3. The highest BCUT2D eigenvalue weighted by Crippen LogP contribution is 2.26. The second-order valence-electron chi connectivity index (χ2n) is 5.47. The van der Waals surface area contributed by atoms with Gasteiger partial charge in [-0.15, -0.1) is 0 Å². The van der Waals surface area contributed by atoms with Crippen LogP contribution in [0.5, 0.6) is 5.75 Å². The van der Waals surface area contributed by atoms with Crippen LogP contribution in [0.4, 0.5) is 0 Å². The largest absolute Gasteiger partial charge is 0.497 e. The monoisotopic (exact) mass is 306 g/mol. The van der Waals surface area contributed by atoms with Crippen molar-refractivity contribution in [3.63, 3.8) is 0 Å². The fourth-order valence-corrected chi connectivity index (χ4v) is 2.76. The van der Waals surface area contributed by atoms with Crippen molar-refractivity contribution in [3.8, 4) is 5.75 Å². The van der Waals surface area contributed by atoms with Gasteiger partial charge in [-0.2, -0.15) is 0 Å². The van der Waals surface area contributed by atoms with Gasteiger partial charge in [0.05, 0.1) is 7.11 Å². The number of aliphatic hydroxyl groups is 1. The first kappa shape index (κ1) is 15.3. The number of methoxy groups -OCH3 is 1. The van der Waals surface area contributed by atoms with E-state index in [1.54, 1.807) is 7.11 Å². The van der Waals surface area contributed by atoms with Crippen molar-refractivity contribution in [2.75, 3.05) is 13.7 Å². The Morgan fingerprint density at radius 3 is 2.48 bits per heavy atom. The Morgan fingerprint density at radius 2 is 1.78 bits per heavy atom. The molecular formula is C20H18O3. The molecule has 0 saturated heterocycles. The van der Waals surface area contributed by atoms with E-state index in [-0.39, 0.29) is 5.78 Å². The van der Waals surface area contributed by atoms with Gasteiger partial charge in [0.2, 0.25) is 0 Å². The number of hydrogen-bond donors (Lipinski definition) is 1. The third-order valence-electron chi connectivity index (χ3n) is 3.95. The normalized spacial score (nSPS) is 10.7. The molecule has 0 aliphatic heterocycles. The molecule has 0 amide bonds. The molecule has 0 aromatic heterocycles. The van der Waals surface area contributed by atoms with E-state index in [4.69, 9.17) is 4.74 Å². The van der Waals surface area contributed by atoms with E-state index in [1.165, 1.54) is 0 Å². The lowest BCUT2D eigenvalue weighted by atomic mass is 9.94. The lowest BCUT2D eigenvalue weighted by Gasteiger charge is -2.11. The van der Waals surface area contributed by atoms with Crippen LogP contribution in [0, 0.1) is 0 Å². The van der Waals surface area contributed by atoms with E-state index in [9.17, 15) is 9.90 Å². The zero-order chi connectivity index (χ0) is 16.2. The Morgan fingerprint density at radius 1 is 1.00 bits per heavy atom. The van der Waals surface area contributed by atoms with Gasteiger partial charge in [-0.3, -0.25) is 4.79 Å². The molecule has 3 rings (SSSR count). The zero-order valence-electron chi connectivity index (χ0n) is 13.0. The Kier molecular flexibility index (Phi) is 4.40. The van der Waals surface area contributed by atoms with Crippen molar-refractivity contribution in [1.29, 1.82) is 0 Å². The first-order chi connectivity index (χ1) is 11.2. The summed E-state index contributed by atoms with van der Waals surface area (Å²) in [5.74, 6) is 0.483. The second-order valence-corrected chi connectivity index (χ2v) is 5.47. The van der Waals surface area contributed by atoms with Gasteiger partial charge in [-0.1, -0.05) is 42.5 Å². The van der Waals surface area contributed by atoms with Crippen molar-refractivity contribution in [2.45, 2.75) is 6.42 Å². The number of aliphatic hydroxyl groups excluding tert-OH is 1. The predicted molar refractivity (Wildman–Crippen MR) is 91.2 cm³/mol. The van der Waals surface area contributed by atoms with Gasteiger partial charge < -0.3 is 9.84 Å². The molecule has 1 N–H and O–H groups in total. The van der Waals surface area contributed by atoms with E-state index in [2.05, 4.69) is 0 Å². The molecule has 3 aromatic rings. The summed E-state index contributed by atoms with van der Waals surface area (Å²) in [6, 6.07) is 19.6. The summed E-state index contributed by atoms with van der Waals surface area (Å²) in [5.41, 5.74) is 2.62. The number of benzene rings is 3. The van der Waals surface area contributed by atoms with Crippen LogP contribution in [-0.4, -0.2) is 24.6 Å². The summed E-state index contributed by atoms with van der Waals surface area (Å²) in [4.78, 5) is 12.1. The molecule has 0 aliphatic carbocycles. The first-order valence-electron chi connectivity index (χ1n) is 7.50. The van der Waals surface area contributed by atoms with Crippen molar-refractivity contribution >= 4 is 16.6 Å². The quantitative estimate of drug-likeness (QED) is 0.732. The van der Waals surface area contributed by atoms with E-state index in [0.717, 1.165) is 27.6 Å². The number of ketones is 1. The Bertz CT molecular complexity index is 838. The fraction of sp³-hybridized carbons (Fsp3) is 0.150. The van der Waals surface area contributed by atoms with E-state index in [0.29, 0.717) is 12.0 Å². The van der Waals surface area contributed by atoms with E-state index in [1.807, 2.05) is 60.7 Å². The maximum Gasteiger partial charge on any atom is 0.188 e. The average Bonchev–Trinajstić information content (AvgIpc) is 2.61. The van der Waals surface area contributed by atoms with Crippen molar-refractivity contribution in [3.05, 3.63) is 77.4 Å². The van der Waals surface area contributed by atoms with Crippen LogP contribution in [0.3, 0.4) is 0 Å². The number of ether oxygens (including phenoxy) is 1. The minimum absolute atomic E-state index is 0.263. The summed E-state index contributed by atoms with van der Waals surface area (Å²) in [6.07, 6.45) is 0.657. The lowest BCUT2D eigenvalue weighted by molar-refractivity contribution is 0.0903. The lowest BCUT2D eigenvalue weighted by Crippen LogP contribution is -2.08. The molecule has 0 radical (unpaired) electrons. The number of hydrogen-bond acceptors (Lipinski definition) is 3. The van der Waals surface area contributed by atoms with E-state index < -0.39 is 6.61 Å². The smallest absolute Gasteiger partial charge is 0.188 e. The third kappa shape index (κ3) is 3.25. The van der Waals surface area contributed by atoms with Crippen LogP contribution in [0.15, 0.2) is 60.7 Å². The van der Waals surface area contributed by atoms with Gasteiger partial charge in [0, 0.05) is 5.56 Å². The number of carbonyl (C=O) groups excluding carboxylic acids is 1. The maximum atomic E-state index is 12.1. The molecule has 0 bridgehead atoms. The van der Waals surface area contributed by atoms with Crippen LogP contribution in [0.25, 0.3) is 10.8 Å². The predicted octanol–water partition coefficient (Wildman–Crippen LogP) is 3.61. The standard InChI is InChI=1S/C20H18O3/c1-23-18-8-7-15-10-17(9-14-5-3-2-4-6-14)19(20(22)13-21)12-16(15)11-18/h2-8,10-12,21H,9,13H2,1H3. The molecule has 3 heteroatoms. The molecule has 0 saturated carbocycles. The highest BCUT2D eigenvalue weighted by Gasteiger charge is 2.13. The summed E-state index contributed by atoms with van der Waals surface area (Å²) >= 11 is 0. The topological polar surface area (TPSA) is 46.5 Å². The van der Waals surface area contributed by atoms with Gasteiger partial charge in [-0.25, -0.2) is 0 Å². The van der Waals surface area contributed by atoms with Gasteiger partial charge in [0.25, 0.3) is 0 Å². The average molecular weight is 306 g/mol. The van der Waals surface area contributed by atoms with Gasteiger partial charge >= 0.3 is 0 Å². The van der Waals surface area contributed by atoms with E-state index >= 15 is 0 Å². The van der Waals surface area contributed by atoms with Gasteiger partial charge in [0.15, 0.2) is 5.78 Å². The van der Waals surface area contributed by atoms with Crippen LogP contribution < -0.4 is 4.74 Å². The minimum Gasteiger partial charge on any atom is -0.497 e. The van der Waals surface area contributed by atoms with Crippen molar-refractivity contribution in [1.82, 2.24) is 0 Å². The third-order valence-corrected chi connectivity index (χ3v) is 3.95. The van der Waals surface area contributed by atoms with Crippen LogP contribution >= 0.6 is 0 Å². The number of Topliss-reactive ketones (excluding diaryl/α,β-unsaturated/α-hetero) is 1. The molecule has 116 valence electrons. The maximum absolute atomic E-state index is 12.1. The molecular weight excluding hydrogens is 288 g/mol. The van der Waals surface area contributed by atoms with Crippen molar-refractivity contribution in [2.24, 2.45) is 0 Å². The highest BCUT2D eigenvalue weighted by molar-refractivity contribution is 6.02. The van der Waals surface area contributed by atoms with Gasteiger partial charge in [-0.05, 0) is 46.5 Å². The molecule has 0 aliphatic rings. The van der Waals surface area contributed by atoms with Crippen LogP contribution in [0.1, 0.15) is 21.5 Å². The molecule has 0 spiro atoms. The molecule has 0 atom stereocenters. The first-order valence-corrected chi connectivity index (χ1v) is 7.50. The number of fused-ring (bicyclic) bond motifs is 1. The van der Waals surface area contributed by atoms with Gasteiger partial charge in [0.1, 0.15) is 12.4 Å². The summed E-state index contributed by atoms with van der Waals surface area (Å²) in [6.45, 7) is -0.489. The Balaban J connectivity index is 2.12. The molecule has 0 unspecified atom stereocenters. The minimum atomic E-state index is -0.489. The molecule has 3 aromatic carbocycles. The summed E-state index contributed by atoms with van der Waals surface area (Å²) < 4.78 is 5.24. The molecule has 0 heterocycles. The van der Waals surface area contributed by atoms with Crippen LogP contribution in [-0.2, 0) is 6.42 Å². The molecule has 3 nitrogen and oxygen atoms in total. The van der Waals surface area contributed by atoms with Crippen LogP contribution in [0.2, 0.25) is 0 Å². The molecule has 0 fully saturated rings. The Labute approximate surface area is 135 Å². The SMILES string of the molecule is COc1ccc2cc(Cc3ccccc3)c(C(=O)CO)cc2c1. The second kappa shape index (κ2) is 6.63.